The molecule has 0 aliphatic rings. The van der Waals surface area contributed by atoms with Crippen LogP contribution in [0.4, 0.5) is 0 Å². The van der Waals surface area contributed by atoms with Gasteiger partial charge in [0.05, 0.1) is 0 Å². The summed E-state index contributed by atoms with van der Waals surface area (Å²) in [4.78, 5) is 0. The first-order valence-corrected chi connectivity index (χ1v) is 8.57. The second-order valence-electron chi connectivity index (χ2n) is 5.35. The van der Waals surface area contributed by atoms with Gasteiger partial charge in [0.25, 0.3) is 0 Å². The number of hydrogen-bond donors (Lipinski definition) is 1. The van der Waals surface area contributed by atoms with Crippen molar-refractivity contribution in [2.75, 3.05) is 6.54 Å². The van der Waals surface area contributed by atoms with E-state index >= 15 is 0 Å². The summed E-state index contributed by atoms with van der Waals surface area (Å²) in [7, 11) is -0.792. The Morgan fingerprint density at radius 1 is 1.26 bits per heavy atom. The molecule has 108 valence electrons. The normalized spacial score (nSPS) is 16.0. The van der Waals surface area contributed by atoms with Crippen molar-refractivity contribution < 1.29 is 4.21 Å². The van der Waals surface area contributed by atoms with Gasteiger partial charge in [0, 0.05) is 27.8 Å². The van der Waals surface area contributed by atoms with Crippen LogP contribution in [0.2, 0.25) is 0 Å². The lowest BCUT2D eigenvalue weighted by Gasteiger charge is -2.18. The van der Waals surface area contributed by atoms with E-state index in [0.29, 0.717) is 11.8 Å². The van der Waals surface area contributed by atoms with Gasteiger partial charge >= 0.3 is 0 Å². The Kier molecular flexibility index (Phi) is 7.32. The van der Waals surface area contributed by atoms with Crippen LogP contribution >= 0.6 is 0 Å². The van der Waals surface area contributed by atoms with Gasteiger partial charge < -0.3 is 5.32 Å². The van der Waals surface area contributed by atoms with Crippen molar-refractivity contribution in [3.63, 3.8) is 0 Å². The molecule has 0 radical (unpaired) electrons. The molecule has 0 bridgehead atoms. The van der Waals surface area contributed by atoms with Gasteiger partial charge in [-0.1, -0.05) is 38.1 Å². The van der Waals surface area contributed by atoms with Crippen LogP contribution in [0.25, 0.3) is 0 Å². The van der Waals surface area contributed by atoms with Gasteiger partial charge in [-0.15, -0.1) is 0 Å². The van der Waals surface area contributed by atoms with E-state index in [-0.39, 0.29) is 5.25 Å². The summed E-state index contributed by atoms with van der Waals surface area (Å²) >= 11 is 0. The van der Waals surface area contributed by atoms with E-state index in [1.165, 1.54) is 11.1 Å². The van der Waals surface area contributed by atoms with Crippen LogP contribution in [0.5, 0.6) is 0 Å². The predicted molar refractivity (Wildman–Crippen MR) is 84.9 cm³/mol. The minimum atomic E-state index is -0.792. The summed E-state index contributed by atoms with van der Waals surface area (Å²) in [6.45, 7) is 9.57. The third-order valence-electron chi connectivity index (χ3n) is 3.44. The highest BCUT2D eigenvalue weighted by Crippen LogP contribution is 2.14. The molecule has 0 aliphatic carbocycles. The first kappa shape index (κ1) is 16.4. The molecule has 0 aromatic heterocycles. The molecular formula is C16H27NOS. The second kappa shape index (κ2) is 8.49. The molecule has 0 fully saturated rings. The van der Waals surface area contributed by atoms with Gasteiger partial charge in [0.1, 0.15) is 0 Å². The average molecular weight is 281 g/mol. The summed E-state index contributed by atoms with van der Waals surface area (Å²) < 4.78 is 12.4. The van der Waals surface area contributed by atoms with Crippen molar-refractivity contribution >= 4 is 10.8 Å². The zero-order chi connectivity index (χ0) is 14.3. The van der Waals surface area contributed by atoms with Crippen LogP contribution in [-0.2, 0) is 16.6 Å². The zero-order valence-electron chi connectivity index (χ0n) is 12.6. The van der Waals surface area contributed by atoms with Crippen molar-refractivity contribution in [1.29, 1.82) is 0 Å². The molecule has 0 saturated heterocycles. The lowest BCUT2D eigenvalue weighted by molar-refractivity contribution is 0.508. The van der Waals surface area contributed by atoms with Crippen molar-refractivity contribution in [2.45, 2.75) is 57.6 Å². The van der Waals surface area contributed by atoms with Crippen LogP contribution in [0.15, 0.2) is 24.3 Å². The van der Waals surface area contributed by atoms with Crippen LogP contribution in [0.3, 0.4) is 0 Å². The molecule has 2 nitrogen and oxygen atoms in total. The van der Waals surface area contributed by atoms with Gasteiger partial charge in [-0.25, -0.2) is 0 Å². The molecule has 1 N–H and O–H groups in total. The molecule has 1 aromatic rings. The summed E-state index contributed by atoms with van der Waals surface area (Å²) in [5, 5.41) is 3.69. The van der Waals surface area contributed by atoms with E-state index in [2.05, 4.69) is 45.1 Å². The Labute approximate surface area is 120 Å². The van der Waals surface area contributed by atoms with Crippen molar-refractivity contribution in [3.05, 3.63) is 35.4 Å². The molecule has 0 spiro atoms. The zero-order valence-corrected chi connectivity index (χ0v) is 13.4. The van der Waals surface area contributed by atoms with E-state index in [4.69, 9.17) is 0 Å². The largest absolute Gasteiger partial charge is 0.314 e. The van der Waals surface area contributed by atoms with Gasteiger partial charge in [-0.05, 0) is 44.4 Å². The molecule has 0 heterocycles. The Bertz CT molecular complexity index is 405. The van der Waals surface area contributed by atoms with E-state index in [1.807, 2.05) is 12.1 Å². The third-order valence-corrected chi connectivity index (χ3v) is 5.12. The fraction of sp³-hybridized carbons (Fsp3) is 0.625. The third kappa shape index (κ3) is 5.87. The maximum absolute atomic E-state index is 12.4. The first-order valence-electron chi connectivity index (χ1n) is 7.19. The maximum Gasteiger partial charge on any atom is 0.0490 e. The van der Waals surface area contributed by atoms with E-state index in [1.54, 1.807) is 0 Å². The van der Waals surface area contributed by atoms with Crippen LogP contribution in [0, 0.1) is 6.92 Å². The Morgan fingerprint density at radius 2 is 1.95 bits per heavy atom. The van der Waals surface area contributed by atoms with Gasteiger partial charge in [-0.2, -0.15) is 0 Å². The minimum absolute atomic E-state index is 0.235. The lowest BCUT2D eigenvalue weighted by Crippen LogP contribution is -2.31. The Morgan fingerprint density at radius 3 is 2.58 bits per heavy atom. The van der Waals surface area contributed by atoms with Gasteiger partial charge in [0.2, 0.25) is 0 Å². The molecule has 0 aliphatic heterocycles. The maximum atomic E-state index is 12.4. The molecular weight excluding hydrogens is 254 g/mol. The van der Waals surface area contributed by atoms with Crippen molar-refractivity contribution in [2.24, 2.45) is 0 Å². The first-order chi connectivity index (χ1) is 9.04. The molecule has 1 rings (SSSR count). The SMILES string of the molecule is CCCNC(C)CC(C)S(=O)Cc1ccccc1C. The van der Waals surface area contributed by atoms with Crippen LogP contribution in [-0.4, -0.2) is 22.0 Å². The number of aryl methyl sites for hydroxylation is 1. The summed E-state index contributed by atoms with van der Waals surface area (Å²) in [5.41, 5.74) is 2.45. The molecule has 3 atom stereocenters. The van der Waals surface area contributed by atoms with E-state index in [9.17, 15) is 4.21 Å². The second-order valence-corrected chi connectivity index (χ2v) is 7.21. The van der Waals surface area contributed by atoms with Gasteiger partial charge in [-0.3, -0.25) is 4.21 Å². The highest BCUT2D eigenvalue weighted by atomic mass is 32.2. The Hall–Kier alpha value is -0.670. The summed E-state index contributed by atoms with van der Waals surface area (Å²) in [6.07, 6.45) is 2.11. The molecule has 3 heteroatoms. The topological polar surface area (TPSA) is 29.1 Å². The molecule has 19 heavy (non-hydrogen) atoms. The fourth-order valence-corrected chi connectivity index (χ4v) is 3.57. The molecule has 0 amide bonds. The highest BCUT2D eigenvalue weighted by molar-refractivity contribution is 7.84. The predicted octanol–water partition coefficient (Wildman–Crippen LogP) is 3.41. The van der Waals surface area contributed by atoms with E-state index in [0.717, 1.165) is 19.4 Å². The monoisotopic (exact) mass is 281 g/mol. The average Bonchev–Trinajstić information content (AvgIpc) is 2.38. The van der Waals surface area contributed by atoms with Crippen LogP contribution in [0.1, 0.15) is 44.7 Å². The number of benzene rings is 1. The summed E-state index contributed by atoms with van der Waals surface area (Å²) in [6, 6.07) is 8.66. The van der Waals surface area contributed by atoms with Crippen molar-refractivity contribution in [1.82, 2.24) is 5.32 Å². The molecule has 0 saturated carbocycles. The number of nitrogens with one attached hydrogen (secondary N) is 1. The van der Waals surface area contributed by atoms with Crippen molar-refractivity contribution in [3.8, 4) is 0 Å². The standard InChI is InChI=1S/C16H27NOS/c1-5-10-17-14(3)11-15(4)19(18)12-16-9-7-6-8-13(16)2/h6-9,14-15,17H,5,10-12H2,1-4H3. The summed E-state index contributed by atoms with van der Waals surface area (Å²) in [5.74, 6) is 0.675. The minimum Gasteiger partial charge on any atom is -0.314 e. The number of hydrogen-bond acceptors (Lipinski definition) is 2. The fourth-order valence-electron chi connectivity index (χ4n) is 2.15. The molecule has 1 aromatic carbocycles. The smallest absolute Gasteiger partial charge is 0.0490 e. The quantitative estimate of drug-likeness (QED) is 0.791. The van der Waals surface area contributed by atoms with Gasteiger partial charge in [0.15, 0.2) is 0 Å². The Balaban J connectivity index is 2.47. The highest BCUT2D eigenvalue weighted by Gasteiger charge is 2.15. The number of rotatable bonds is 8. The lowest BCUT2D eigenvalue weighted by atomic mass is 10.1. The van der Waals surface area contributed by atoms with E-state index < -0.39 is 10.8 Å². The molecule has 3 unspecified atom stereocenters. The van der Waals surface area contributed by atoms with Crippen LogP contribution < -0.4 is 5.32 Å².